The minimum absolute atomic E-state index is 0.0299. The molecule has 2 aromatic carbocycles. The van der Waals surface area contributed by atoms with Crippen LogP contribution < -0.4 is 9.64 Å². The molecule has 4 rings (SSSR count). The van der Waals surface area contributed by atoms with Crippen molar-refractivity contribution in [3.63, 3.8) is 0 Å². The number of anilines is 1. The van der Waals surface area contributed by atoms with Crippen molar-refractivity contribution in [2.75, 3.05) is 24.6 Å². The lowest BCUT2D eigenvalue weighted by Crippen LogP contribution is -2.51. The molecule has 2 aromatic rings. The lowest BCUT2D eigenvalue weighted by molar-refractivity contribution is -0.135. The lowest BCUT2D eigenvalue weighted by atomic mass is 10.1. The first kappa shape index (κ1) is 22.3. The number of benzene rings is 2. The quantitative estimate of drug-likeness (QED) is 0.656. The van der Waals surface area contributed by atoms with E-state index in [1.165, 1.54) is 17.0 Å². The van der Waals surface area contributed by atoms with Gasteiger partial charge in [0.15, 0.2) is 6.10 Å². The minimum Gasteiger partial charge on any atom is -0.478 e. The maximum absolute atomic E-state index is 13.5. The zero-order valence-electron chi connectivity index (χ0n) is 18.6. The highest BCUT2D eigenvalue weighted by Gasteiger charge is 2.35. The van der Waals surface area contributed by atoms with Gasteiger partial charge in [-0.05, 0) is 61.6 Å². The van der Waals surface area contributed by atoms with Gasteiger partial charge in [0.25, 0.3) is 5.91 Å². The average molecular weight is 441 g/mol. The molecular formula is C25H29FN2O4. The average Bonchev–Trinajstić information content (AvgIpc) is 3.30. The van der Waals surface area contributed by atoms with Gasteiger partial charge in [-0.1, -0.05) is 25.1 Å². The van der Waals surface area contributed by atoms with E-state index in [1.54, 1.807) is 17.0 Å². The Morgan fingerprint density at radius 2 is 2.00 bits per heavy atom. The van der Waals surface area contributed by atoms with Crippen molar-refractivity contribution < 1.29 is 23.5 Å². The number of halogens is 1. The van der Waals surface area contributed by atoms with Crippen molar-refractivity contribution in [1.29, 1.82) is 0 Å². The Kier molecular flexibility index (Phi) is 6.74. The van der Waals surface area contributed by atoms with Gasteiger partial charge in [-0.2, -0.15) is 0 Å². The van der Waals surface area contributed by atoms with E-state index in [1.807, 2.05) is 32.0 Å². The van der Waals surface area contributed by atoms with Gasteiger partial charge in [-0.25, -0.2) is 4.39 Å². The fourth-order valence-corrected chi connectivity index (χ4v) is 4.19. The maximum Gasteiger partial charge on any atom is 0.268 e. The lowest BCUT2D eigenvalue weighted by Gasteiger charge is -2.35. The van der Waals surface area contributed by atoms with Gasteiger partial charge < -0.3 is 14.4 Å². The summed E-state index contributed by atoms with van der Waals surface area (Å²) in [7, 11) is 0. The standard InChI is InChI=1S/C25H29FN2O4/c1-3-22-25(30)28(21-13-17(2)6-11-23(21)32-22)16-24(29)27(15-20-5-4-12-31-20)14-18-7-9-19(26)10-8-18/h6-11,13,20,22H,3-5,12,14-16H2,1-2H3. The van der Waals surface area contributed by atoms with E-state index in [2.05, 4.69) is 0 Å². The van der Waals surface area contributed by atoms with Crippen LogP contribution in [0.4, 0.5) is 10.1 Å². The number of hydrogen-bond donors (Lipinski definition) is 0. The largest absolute Gasteiger partial charge is 0.478 e. The molecule has 1 saturated heterocycles. The van der Waals surface area contributed by atoms with Crippen molar-refractivity contribution >= 4 is 17.5 Å². The number of hydrogen-bond acceptors (Lipinski definition) is 4. The highest BCUT2D eigenvalue weighted by atomic mass is 19.1. The number of ether oxygens (including phenoxy) is 2. The third kappa shape index (κ3) is 4.93. The molecular weight excluding hydrogens is 411 g/mol. The van der Waals surface area contributed by atoms with E-state index in [4.69, 9.17) is 9.47 Å². The second-order valence-electron chi connectivity index (χ2n) is 8.45. The Balaban J connectivity index is 1.57. The molecule has 6 nitrogen and oxygen atoms in total. The monoisotopic (exact) mass is 440 g/mol. The van der Waals surface area contributed by atoms with E-state index in [-0.39, 0.29) is 30.3 Å². The van der Waals surface area contributed by atoms with Gasteiger partial charge in [0.05, 0.1) is 11.8 Å². The summed E-state index contributed by atoms with van der Waals surface area (Å²) in [5.41, 5.74) is 2.43. The minimum atomic E-state index is -0.610. The first-order valence-electron chi connectivity index (χ1n) is 11.2. The fourth-order valence-electron chi connectivity index (χ4n) is 4.19. The van der Waals surface area contributed by atoms with Crippen LogP contribution in [0.3, 0.4) is 0 Å². The molecule has 0 aromatic heterocycles. The smallest absolute Gasteiger partial charge is 0.268 e. The molecule has 0 radical (unpaired) electrons. The van der Waals surface area contributed by atoms with Crippen LogP contribution >= 0.6 is 0 Å². The van der Waals surface area contributed by atoms with Crippen LogP contribution in [-0.2, 0) is 20.9 Å². The van der Waals surface area contributed by atoms with E-state index >= 15 is 0 Å². The van der Waals surface area contributed by atoms with Crippen LogP contribution in [0.1, 0.15) is 37.3 Å². The second-order valence-corrected chi connectivity index (χ2v) is 8.45. The third-order valence-corrected chi connectivity index (χ3v) is 5.97. The molecule has 0 bridgehead atoms. The highest BCUT2D eigenvalue weighted by molar-refractivity contribution is 6.03. The zero-order chi connectivity index (χ0) is 22.7. The number of aryl methyl sites for hydroxylation is 1. The Labute approximate surface area is 187 Å². The highest BCUT2D eigenvalue weighted by Crippen LogP contribution is 2.35. The van der Waals surface area contributed by atoms with E-state index in [9.17, 15) is 14.0 Å². The second kappa shape index (κ2) is 9.69. The topological polar surface area (TPSA) is 59.1 Å². The summed E-state index contributed by atoms with van der Waals surface area (Å²) in [6.07, 6.45) is 1.74. The van der Waals surface area contributed by atoms with Crippen LogP contribution in [0.25, 0.3) is 0 Å². The molecule has 2 aliphatic heterocycles. The normalized spacial score (nSPS) is 20.1. The molecule has 7 heteroatoms. The molecule has 0 saturated carbocycles. The molecule has 2 unspecified atom stereocenters. The van der Waals surface area contributed by atoms with Crippen molar-refractivity contribution in [1.82, 2.24) is 4.90 Å². The zero-order valence-corrected chi connectivity index (χ0v) is 18.6. The van der Waals surface area contributed by atoms with Crippen LogP contribution in [0.5, 0.6) is 5.75 Å². The summed E-state index contributed by atoms with van der Waals surface area (Å²) in [5.74, 6) is -0.0958. The van der Waals surface area contributed by atoms with Gasteiger partial charge >= 0.3 is 0 Å². The Bertz CT molecular complexity index is 972. The van der Waals surface area contributed by atoms with Crippen molar-refractivity contribution in [2.45, 2.75) is 51.9 Å². The van der Waals surface area contributed by atoms with Crippen molar-refractivity contribution in [3.05, 3.63) is 59.4 Å². The van der Waals surface area contributed by atoms with E-state index in [0.717, 1.165) is 24.0 Å². The van der Waals surface area contributed by atoms with Crippen LogP contribution in [0.15, 0.2) is 42.5 Å². The summed E-state index contributed by atoms with van der Waals surface area (Å²) in [5, 5.41) is 0. The molecule has 0 aliphatic carbocycles. The van der Waals surface area contributed by atoms with Gasteiger partial charge in [0, 0.05) is 19.7 Å². The van der Waals surface area contributed by atoms with E-state index < -0.39 is 6.10 Å². The van der Waals surface area contributed by atoms with Gasteiger partial charge in [0.1, 0.15) is 18.1 Å². The van der Waals surface area contributed by atoms with Gasteiger partial charge in [0.2, 0.25) is 5.91 Å². The van der Waals surface area contributed by atoms with Crippen LogP contribution in [-0.4, -0.2) is 48.6 Å². The number of carbonyl (C=O) groups is 2. The number of carbonyl (C=O) groups excluding carboxylic acids is 2. The van der Waals surface area contributed by atoms with Crippen LogP contribution in [0.2, 0.25) is 0 Å². The molecule has 32 heavy (non-hydrogen) atoms. The third-order valence-electron chi connectivity index (χ3n) is 5.97. The summed E-state index contributed by atoms with van der Waals surface area (Å²) in [6.45, 7) is 5.20. The summed E-state index contributed by atoms with van der Waals surface area (Å²) >= 11 is 0. The molecule has 2 amide bonds. The Morgan fingerprint density at radius 1 is 1.22 bits per heavy atom. The molecule has 0 N–H and O–H groups in total. The number of fused-ring (bicyclic) bond motifs is 1. The predicted molar refractivity (Wildman–Crippen MR) is 119 cm³/mol. The predicted octanol–water partition coefficient (Wildman–Crippen LogP) is 3.85. The SMILES string of the molecule is CCC1Oc2ccc(C)cc2N(CC(=O)N(Cc2ccc(F)cc2)CC2CCCO2)C1=O. The molecule has 2 heterocycles. The summed E-state index contributed by atoms with van der Waals surface area (Å²) < 4.78 is 25.0. The molecule has 2 atom stereocenters. The molecule has 0 spiro atoms. The van der Waals surface area contributed by atoms with Gasteiger partial charge in [-0.3, -0.25) is 14.5 Å². The van der Waals surface area contributed by atoms with E-state index in [0.29, 0.717) is 37.6 Å². The summed E-state index contributed by atoms with van der Waals surface area (Å²) in [6, 6.07) is 11.8. The number of rotatable bonds is 7. The number of nitrogens with zero attached hydrogens (tertiary/aromatic N) is 2. The summed E-state index contributed by atoms with van der Waals surface area (Å²) in [4.78, 5) is 29.8. The molecule has 1 fully saturated rings. The fraction of sp³-hybridized carbons (Fsp3) is 0.440. The Morgan fingerprint density at radius 3 is 2.69 bits per heavy atom. The van der Waals surface area contributed by atoms with Crippen molar-refractivity contribution in [2.24, 2.45) is 0 Å². The molecule has 170 valence electrons. The van der Waals surface area contributed by atoms with Crippen LogP contribution in [0, 0.1) is 12.7 Å². The maximum atomic E-state index is 13.5. The molecule has 2 aliphatic rings. The first-order valence-corrected chi connectivity index (χ1v) is 11.2. The number of amides is 2. The first-order chi connectivity index (χ1) is 15.4. The van der Waals surface area contributed by atoms with Crippen molar-refractivity contribution in [3.8, 4) is 5.75 Å². The Hall–Kier alpha value is -2.93. The van der Waals surface area contributed by atoms with Gasteiger partial charge in [-0.15, -0.1) is 0 Å².